The number of likely N-dealkylation sites (tertiary alicyclic amines) is 1. The van der Waals surface area contributed by atoms with Crippen LogP contribution in [0, 0.1) is 0 Å². The summed E-state index contributed by atoms with van der Waals surface area (Å²) in [7, 11) is 0. The summed E-state index contributed by atoms with van der Waals surface area (Å²) < 4.78 is 0. The second-order valence-corrected chi connectivity index (χ2v) is 6.87. The van der Waals surface area contributed by atoms with Gasteiger partial charge in [0, 0.05) is 13.0 Å². The maximum absolute atomic E-state index is 12.2. The fourth-order valence-electron chi connectivity index (χ4n) is 3.39. The molecule has 0 bridgehead atoms. The van der Waals surface area contributed by atoms with Crippen LogP contribution in [0.25, 0.3) is 0 Å². The minimum Gasteiger partial charge on any atom is -0.480 e. The van der Waals surface area contributed by atoms with Gasteiger partial charge in [-0.1, -0.05) is 64.7 Å². The molecule has 0 radical (unpaired) electrons. The number of unbranched alkanes of at least 4 members (excludes halogenated alkanes) is 9. The molecular formula is C19H35NO3. The van der Waals surface area contributed by atoms with Crippen molar-refractivity contribution in [1.29, 1.82) is 0 Å². The second-order valence-electron chi connectivity index (χ2n) is 6.87. The Bertz CT molecular complexity index is 344. The molecule has 4 heteroatoms. The van der Waals surface area contributed by atoms with E-state index in [0.29, 0.717) is 19.4 Å². The number of hydrogen-bond acceptors (Lipinski definition) is 2. The van der Waals surface area contributed by atoms with Crippen LogP contribution in [0.1, 0.15) is 96.8 Å². The molecule has 0 aromatic heterocycles. The highest BCUT2D eigenvalue weighted by Gasteiger charge is 2.31. The average Bonchev–Trinajstić information content (AvgIpc) is 2.56. The molecule has 134 valence electrons. The molecule has 1 aliphatic rings. The quantitative estimate of drug-likeness (QED) is 0.526. The second kappa shape index (κ2) is 12.4. The van der Waals surface area contributed by atoms with Crippen LogP contribution in [0.2, 0.25) is 0 Å². The fourth-order valence-corrected chi connectivity index (χ4v) is 3.39. The van der Waals surface area contributed by atoms with Crippen molar-refractivity contribution in [3.8, 4) is 0 Å². The van der Waals surface area contributed by atoms with Gasteiger partial charge in [0.1, 0.15) is 6.04 Å². The highest BCUT2D eigenvalue weighted by molar-refractivity contribution is 5.83. The zero-order valence-electron chi connectivity index (χ0n) is 14.9. The van der Waals surface area contributed by atoms with Crippen molar-refractivity contribution in [3.05, 3.63) is 0 Å². The molecule has 1 amide bonds. The van der Waals surface area contributed by atoms with Gasteiger partial charge < -0.3 is 10.0 Å². The third-order valence-corrected chi connectivity index (χ3v) is 4.85. The number of carboxylic acid groups (broad SMARTS) is 1. The molecule has 4 nitrogen and oxygen atoms in total. The first-order chi connectivity index (χ1) is 11.2. The Labute approximate surface area is 141 Å². The van der Waals surface area contributed by atoms with Gasteiger partial charge in [-0.2, -0.15) is 0 Å². The number of amides is 1. The summed E-state index contributed by atoms with van der Waals surface area (Å²) >= 11 is 0. The molecule has 1 aliphatic heterocycles. The molecule has 0 aliphatic carbocycles. The van der Waals surface area contributed by atoms with Gasteiger partial charge in [0.15, 0.2) is 0 Å². The Balaban J connectivity index is 2.04. The lowest BCUT2D eigenvalue weighted by Crippen LogP contribution is -2.47. The lowest BCUT2D eigenvalue weighted by Gasteiger charge is -2.33. The van der Waals surface area contributed by atoms with Gasteiger partial charge in [0.25, 0.3) is 0 Å². The van der Waals surface area contributed by atoms with Gasteiger partial charge in [-0.3, -0.25) is 4.79 Å². The molecule has 1 fully saturated rings. The molecule has 0 aromatic carbocycles. The van der Waals surface area contributed by atoms with Crippen molar-refractivity contribution >= 4 is 11.9 Å². The smallest absolute Gasteiger partial charge is 0.326 e. The SMILES string of the molecule is CCCCCCCCCCCCC(=O)N1CCCCC1C(=O)O. The molecule has 1 unspecified atom stereocenters. The van der Waals surface area contributed by atoms with Crippen LogP contribution in [-0.4, -0.2) is 34.5 Å². The van der Waals surface area contributed by atoms with E-state index in [-0.39, 0.29) is 5.91 Å². The summed E-state index contributed by atoms with van der Waals surface area (Å²) in [5.74, 6) is -0.808. The molecule has 1 rings (SSSR count). The van der Waals surface area contributed by atoms with Crippen molar-refractivity contribution in [2.45, 2.75) is 103 Å². The highest BCUT2D eigenvalue weighted by Crippen LogP contribution is 2.19. The van der Waals surface area contributed by atoms with Gasteiger partial charge in [-0.15, -0.1) is 0 Å². The lowest BCUT2D eigenvalue weighted by atomic mass is 10.0. The van der Waals surface area contributed by atoms with Gasteiger partial charge in [-0.05, 0) is 25.7 Å². The molecule has 1 heterocycles. The van der Waals surface area contributed by atoms with E-state index in [4.69, 9.17) is 0 Å². The number of carbonyl (C=O) groups excluding carboxylic acids is 1. The topological polar surface area (TPSA) is 57.6 Å². The van der Waals surface area contributed by atoms with Crippen LogP contribution in [0.15, 0.2) is 0 Å². The predicted molar refractivity (Wildman–Crippen MR) is 93.4 cm³/mol. The van der Waals surface area contributed by atoms with Crippen LogP contribution in [0.5, 0.6) is 0 Å². The maximum atomic E-state index is 12.2. The highest BCUT2D eigenvalue weighted by atomic mass is 16.4. The third-order valence-electron chi connectivity index (χ3n) is 4.85. The van der Waals surface area contributed by atoms with Crippen LogP contribution < -0.4 is 0 Å². The van der Waals surface area contributed by atoms with E-state index in [1.165, 1.54) is 51.4 Å². The van der Waals surface area contributed by atoms with Gasteiger partial charge >= 0.3 is 5.97 Å². The van der Waals surface area contributed by atoms with Crippen molar-refractivity contribution < 1.29 is 14.7 Å². The summed E-state index contributed by atoms with van der Waals surface area (Å²) in [5, 5.41) is 9.21. The average molecular weight is 325 g/mol. The predicted octanol–water partition coefficient (Wildman–Crippen LogP) is 4.76. The molecule has 0 spiro atoms. The van der Waals surface area contributed by atoms with E-state index in [1.807, 2.05) is 0 Å². The number of aliphatic carboxylic acids is 1. The Kier molecular flexibility index (Phi) is 10.8. The summed E-state index contributed by atoms with van der Waals surface area (Å²) in [6, 6.07) is -0.584. The number of carboxylic acids is 1. The molecule has 23 heavy (non-hydrogen) atoms. The van der Waals surface area contributed by atoms with E-state index in [0.717, 1.165) is 25.7 Å². The summed E-state index contributed by atoms with van der Waals surface area (Å²) in [6.07, 6.45) is 15.5. The van der Waals surface area contributed by atoms with E-state index in [2.05, 4.69) is 6.92 Å². The Morgan fingerprint density at radius 1 is 0.913 bits per heavy atom. The normalized spacial score (nSPS) is 18.1. The zero-order valence-corrected chi connectivity index (χ0v) is 14.9. The number of carbonyl (C=O) groups is 2. The Morgan fingerprint density at radius 3 is 2.04 bits per heavy atom. The number of hydrogen-bond donors (Lipinski definition) is 1. The lowest BCUT2D eigenvalue weighted by molar-refractivity contribution is -0.152. The van der Waals surface area contributed by atoms with E-state index >= 15 is 0 Å². The number of piperidine rings is 1. The van der Waals surface area contributed by atoms with Crippen molar-refractivity contribution in [3.63, 3.8) is 0 Å². The van der Waals surface area contributed by atoms with Crippen molar-refractivity contribution in [2.75, 3.05) is 6.54 Å². The number of nitrogens with zero attached hydrogens (tertiary/aromatic N) is 1. The molecule has 0 aromatic rings. The van der Waals surface area contributed by atoms with Gasteiger partial charge in [0.2, 0.25) is 5.91 Å². The standard InChI is InChI=1S/C19H35NO3/c1-2-3-4-5-6-7-8-9-10-11-15-18(21)20-16-13-12-14-17(20)19(22)23/h17H,2-16H2,1H3,(H,22,23). The zero-order chi connectivity index (χ0) is 16.9. The monoisotopic (exact) mass is 325 g/mol. The molecule has 0 saturated carbocycles. The van der Waals surface area contributed by atoms with Crippen LogP contribution in [0.3, 0.4) is 0 Å². The largest absolute Gasteiger partial charge is 0.480 e. The molecule has 1 saturated heterocycles. The Hall–Kier alpha value is -1.06. The first kappa shape index (κ1) is 20.0. The van der Waals surface area contributed by atoms with Crippen LogP contribution in [0.4, 0.5) is 0 Å². The van der Waals surface area contributed by atoms with E-state index < -0.39 is 12.0 Å². The first-order valence-electron chi connectivity index (χ1n) is 9.69. The first-order valence-corrected chi connectivity index (χ1v) is 9.69. The van der Waals surface area contributed by atoms with Crippen molar-refractivity contribution in [2.24, 2.45) is 0 Å². The summed E-state index contributed by atoms with van der Waals surface area (Å²) in [6.45, 7) is 2.86. The van der Waals surface area contributed by atoms with E-state index in [1.54, 1.807) is 4.90 Å². The van der Waals surface area contributed by atoms with Gasteiger partial charge in [-0.25, -0.2) is 4.79 Å². The molecule has 1 N–H and O–H groups in total. The summed E-state index contributed by atoms with van der Waals surface area (Å²) in [4.78, 5) is 25.0. The van der Waals surface area contributed by atoms with Crippen molar-refractivity contribution in [1.82, 2.24) is 4.90 Å². The van der Waals surface area contributed by atoms with Gasteiger partial charge in [0.05, 0.1) is 0 Å². The van der Waals surface area contributed by atoms with Crippen LogP contribution in [-0.2, 0) is 9.59 Å². The molecule has 1 atom stereocenters. The Morgan fingerprint density at radius 2 is 1.48 bits per heavy atom. The maximum Gasteiger partial charge on any atom is 0.326 e. The summed E-state index contributed by atoms with van der Waals surface area (Å²) in [5.41, 5.74) is 0. The molecular weight excluding hydrogens is 290 g/mol. The van der Waals surface area contributed by atoms with Crippen LogP contribution >= 0.6 is 0 Å². The minimum atomic E-state index is -0.846. The van der Waals surface area contributed by atoms with E-state index in [9.17, 15) is 14.7 Å². The minimum absolute atomic E-state index is 0.0386. The fraction of sp³-hybridized carbons (Fsp3) is 0.895. The number of rotatable bonds is 12. The third kappa shape index (κ3) is 8.38.